The molecule has 0 aliphatic carbocycles. The molecule has 0 aliphatic rings. The summed E-state index contributed by atoms with van der Waals surface area (Å²) in [7, 11) is 0. The second kappa shape index (κ2) is 3.93. The first-order valence-electron chi connectivity index (χ1n) is 5.31. The Hall–Kier alpha value is -2.30. The number of hydrogen-bond acceptors (Lipinski definition) is 5. The minimum Gasteiger partial charge on any atom is -0.464 e. The second-order valence-electron chi connectivity index (χ2n) is 3.78. The first-order valence-corrected chi connectivity index (χ1v) is 5.31. The molecule has 0 amide bonds. The summed E-state index contributed by atoms with van der Waals surface area (Å²) in [6.45, 7) is 2.44. The first-order chi connectivity index (χ1) is 8.33. The van der Waals surface area contributed by atoms with Crippen molar-refractivity contribution >= 4 is 16.8 Å². The largest absolute Gasteiger partial charge is 0.464 e. The molecule has 17 heavy (non-hydrogen) atoms. The summed E-state index contributed by atoms with van der Waals surface area (Å²) in [5.74, 6) is 1.56. The summed E-state index contributed by atoms with van der Waals surface area (Å²) >= 11 is 0. The number of pyridine rings is 1. The van der Waals surface area contributed by atoms with Gasteiger partial charge in [-0.3, -0.25) is 0 Å². The quantitative estimate of drug-likeness (QED) is 0.748. The lowest BCUT2D eigenvalue weighted by molar-refractivity contribution is 0.384. The van der Waals surface area contributed by atoms with Crippen LogP contribution in [0.1, 0.15) is 11.5 Å². The van der Waals surface area contributed by atoms with Crippen LogP contribution in [0.25, 0.3) is 11.0 Å². The van der Waals surface area contributed by atoms with Crippen molar-refractivity contribution in [2.75, 3.05) is 5.32 Å². The zero-order chi connectivity index (χ0) is 11.7. The Kier molecular flexibility index (Phi) is 2.29. The average molecular weight is 229 g/mol. The lowest BCUT2D eigenvalue weighted by Crippen LogP contribution is -2.00. The van der Waals surface area contributed by atoms with Gasteiger partial charge in [0.25, 0.3) is 0 Å². The van der Waals surface area contributed by atoms with Gasteiger partial charge in [0.15, 0.2) is 5.76 Å². The van der Waals surface area contributed by atoms with E-state index < -0.39 is 0 Å². The van der Waals surface area contributed by atoms with E-state index in [2.05, 4.69) is 15.5 Å². The smallest absolute Gasteiger partial charge is 0.156 e. The van der Waals surface area contributed by atoms with Gasteiger partial charge in [0.05, 0.1) is 23.9 Å². The molecule has 3 aromatic heterocycles. The standard InChI is InChI=1S/C12H11N3O2/c1-8-6-9(17-15-8)7-14-12-10-3-5-16-11(10)2-4-13-12/h2-6H,7H2,1H3,(H,13,14). The number of hydrogen-bond donors (Lipinski definition) is 1. The van der Waals surface area contributed by atoms with Crippen LogP contribution in [0, 0.1) is 6.92 Å². The molecule has 86 valence electrons. The third-order valence-electron chi connectivity index (χ3n) is 2.49. The molecule has 5 nitrogen and oxygen atoms in total. The fourth-order valence-corrected chi connectivity index (χ4v) is 1.71. The molecule has 0 saturated heterocycles. The van der Waals surface area contributed by atoms with Gasteiger partial charge in [0.2, 0.25) is 0 Å². The Morgan fingerprint density at radius 2 is 2.29 bits per heavy atom. The Morgan fingerprint density at radius 3 is 3.12 bits per heavy atom. The zero-order valence-corrected chi connectivity index (χ0v) is 9.30. The highest BCUT2D eigenvalue weighted by Crippen LogP contribution is 2.22. The number of furan rings is 1. The van der Waals surface area contributed by atoms with Crippen LogP contribution < -0.4 is 5.32 Å². The molecule has 0 aromatic carbocycles. The maximum absolute atomic E-state index is 5.30. The van der Waals surface area contributed by atoms with Crippen LogP contribution in [0.2, 0.25) is 0 Å². The average Bonchev–Trinajstić information content (AvgIpc) is 2.94. The molecule has 0 spiro atoms. The summed E-state index contributed by atoms with van der Waals surface area (Å²) in [5.41, 5.74) is 1.69. The van der Waals surface area contributed by atoms with E-state index in [0.717, 1.165) is 28.2 Å². The van der Waals surface area contributed by atoms with Gasteiger partial charge in [-0.05, 0) is 19.1 Å². The lowest BCUT2D eigenvalue weighted by atomic mass is 10.3. The molecule has 0 atom stereocenters. The van der Waals surface area contributed by atoms with Gasteiger partial charge in [0, 0.05) is 12.3 Å². The molecule has 0 bridgehead atoms. The fourth-order valence-electron chi connectivity index (χ4n) is 1.71. The molecule has 3 heterocycles. The van der Waals surface area contributed by atoms with Gasteiger partial charge in [-0.25, -0.2) is 4.98 Å². The topological polar surface area (TPSA) is 64.1 Å². The predicted molar refractivity (Wildman–Crippen MR) is 62.6 cm³/mol. The van der Waals surface area contributed by atoms with Gasteiger partial charge in [-0.15, -0.1) is 0 Å². The first kappa shape index (κ1) is 9.89. The van der Waals surface area contributed by atoms with E-state index in [4.69, 9.17) is 8.94 Å². The molecule has 0 saturated carbocycles. The van der Waals surface area contributed by atoms with E-state index in [0.29, 0.717) is 6.54 Å². The number of nitrogens with zero attached hydrogens (tertiary/aromatic N) is 2. The summed E-state index contributed by atoms with van der Waals surface area (Å²) in [5, 5.41) is 7.99. The summed E-state index contributed by atoms with van der Waals surface area (Å²) in [6, 6.07) is 5.61. The number of anilines is 1. The van der Waals surface area contributed by atoms with Crippen molar-refractivity contribution in [1.82, 2.24) is 10.1 Å². The van der Waals surface area contributed by atoms with Gasteiger partial charge >= 0.3 is 0 Å². The molecule has 0 unspecified atom stereocenters. The van der Waals surface area contributed by atoms with E-state index in [1.54, 1.807) is 12.5 Å². The number of rotatable bonds is 3. The maximum Gasteiger partial charge on any atom is 0.156 e. The Labute approximate surface area is 97.4 Å². The number of aromatic nitrogens is 2. The van der Waals surface area contributed by atoms with Crippen LogP contribution in [0.4, 0.5) is 5.82 Å². The van der Waals surface area contributed by atoms with Gasteiger partial charge in [0.1, 0.15) is 11.4 Å². The zero-order valence-electron chi connectivity index (χ0n) is 9.30. The highest BCUT2D eigenvalue weighted by molar-refractivity contribution is 5.87. The van der Waals surface area contributed by atoms with Crippen LogP contribution in [0.3, 0.4) is 0 Å². The van der Waals surface area contributed by atoms with E-state index in [-0.39, 0.29) is 0 Å². The lowest BCUT2D eigenvalue weighted by Gasteiger charge is -2.03. The third-order valence-corrected chi connectivity index (χ3v) is 2.49. The Bertz CT molecular complexity index is 642. The van der Waals surface area contributed by atoms with Crippen LogP contribution in [-0.2, 0) is 6.54 Å². The van der Waals surface area contributed by atoms with E-state index >= 15 is 0 Å². The summed E-state index contributed by atoms with van der Waals surface area (Å²) in [6.07, 6.45) is 3.36. The van der Waals surface area contributed by atoms with Crippen LogP contribution in [-0.4, -0.2) is 10.1 Å². The maximum atomic E-state index is 5.30. The molecular formula is C12H11N3O2. The monoisotopic (exact) mass is 229 g/mol. The fraction of sp³-hybridized carbons (Fsp3) is 0.167. The predicted octanol–water partition coefficient (Wildman–Crippen LogP) is 2.74. The van der Waals surface area contributed by atoms with Crippen molar-refractivity contribution in [3.05, 3.63) is 42.1 Å². The van der Waals surface area contributed by atoms with Gasteiger partial charge in [-0.1, -0.05) is 5.16 Å². The summed E-state index contributed by atoms with van der Waals surface area (Å²) in [4.78, 5) is 4.27. The van der Waals surface area contributed by atoms with Crippen molar-refractivity contribution in [3.63, 3.8) is 0 Å². The highest BCUT2D eigenvalue weighted by Gasteiger charge is 2.06. The van der Waals surface area contributed by atoms with Crippen LogP contribution in [0.5, 0.6) is 0 Å². The van der Waals surface area contributed by atoms with E-state index in [1.165, 1.54) is 0 Å². The molecule has 1 N–H and O–H groups in total. The number of nitrogens with one attached hydrogen (secondary N) is 1. The Morgan fingerprint density at radius 1 is 1.35 bits per heavy atom. The molecule has 5 heteroatoms. The summed E-state index contributed by atoms with van der Waals surface area (Å²) < 4.78 is 10.4. The van der Waals surface area contributed by atoms with Crippen molar-refractivity contribution < 1.29 is 8.94 Å². The van der Waals surface area contributed by atoms with Crippen molar-refractivity contribution in [1.29, 1.82) is 0 Å². The van der Waals surface area contributed by atoms with Crippen molar-refractivity contribution in [2.45, 2.75) is 13.5 Å². The number of aryl methyl sites for hydroxylation is 1. The van der Waals surface area contributed by atoms with Crippen LogP contribution >= 0.6 is 0 Å². The van der Waals surface area contributed by atoms with E-state index in [1.807, 2.05) is 25.1 Å². The molecule has 3 rings (SSSR count). The molecule has 3 aromatic rings. The number of fused-ring (bicyclic) bond motifs is 1. The minimum atomic E-state index is 0.554. The molecule has 0 aliphatic heterocycles. The highest BCUT2D eigenvalue weighted by atomic mass is 16.5. The molecule has 0 radical (unpaired) electrons. The normalized spacial score (nSPS) is 10.9. The van der Waals surface area contributed by atoms with Crippen molar-refractivity contribution in [3.8, 4) is 0 Å². The van der Waals surface area contributed by atoms with Gasteiger partial charge < -0.3 is 14.3 Å². The van der Waals surface area contributed by atoms with Gasteiger partial charge in [-0.2, -0.15) is 0 Å². The second-order valence-corrected chi connectivity index (χ2v) is 3.78. The Balaban J connectivity index is 1.83. The van der Waals surface area contributed by atoms with Crippen LogP contribution in [0.15, 0.2) is 39.6 Å². The SMILES string of the molecule is Cc1cc(CNc2nccc3occc23)on1. The molecular weight excluding hydrogens is 218 g/mol. The van der Waals surface area contributed by atoms with E-state index in [9.17, 15) is 0 Å². The minimum absolute atomic E-state index is 0.554. The molecule has 0 fully saturated rings. The van der Waals surface area contributed by atoms with Crippen molar-refractivity contribution in [2.24, 2.45) is 0 Å². The third kappa shape index (κ3) is 1.87.